The van der Waals surface area contributed by atoms with Gasteiger partial charge in [-0.1, -0.05) is 13.8 Å². The summed E-state index contributed by atoms with van der Waals surface area (Å²) in [5, 5.41) is 3.38. The van der Waals surface area contributed by atoms with E-state index in [1.165, 1.54) is 0 Å². The molecule has 1 aromatic rings. The Morgan fingerprint density at radius 1 is 1.53 bits per heavy atom. The van der Waals surface area contributed by atoms with Gasteiger partial charge in [0.25, 0.3) is 5.56 Å². The molecule has 2 rings (SSSR count). The standard InChI is InChI=1S/C12H20N4O/c1-8(2)12-14-10(6-11(17)15-12)16-5-4-13-9(3)7-16/h6,8-9,13H,4-5,7H2,1-3H3,(H,14,15,17). The third-order valence-electron chi connectivity index (χ3n) is 2.99. The molecule has 1 saturated heterocycles. The van der Waals surface area contributed by atoms with Crippen LogP contribution in [0, 0.1) is 0 Å². The molecule has 0 amide bonds. The molecule has 0 aromatic carbocycles. The third kappa shape index (κ3) is 2.85. The summed E-state index contributed by atoms with van der Waals surface area (Å²) in [7, 11) is 0. The van der Waals surface area contributed by atoms with Gasteiger partial charge in [0.1, 0.15) is 11.6 Å². The van der Waals surface area contributed by atoms with Crippen molar-refractivity contribution in [1.82, 2.24) is 15.3 Å². The van der Waals surface area contributed by atoms with Gasteiger partial charge < -0.3 is 15.2 Å². The number of aromatic nitrogens is 2. The van der Waals surface area contributed by atoms with Crippen LogP contribution >= 0.6 is 0 Å². The number of nitrogens with one attached hydrogen (secondary N) is 2. The van der Waals surface area contributed by atoms with Crippen molar-refractivity contribution >= 4 is 5.82 Å². The van der Waals surface area contributed by atoms with Crippen molar-refractivity contribution in [2.75, 3.05) is 24.5 Å². The Labute approximate surface area is 101 Å². The molecule has 5 heteroatoms. The van der Waals surface area contributed by atoms with Gasteiger partial charge in [-0.3, -0.25) is 4.79 Å². The first-order valence-corrected chi connectivity index (χ1v) is 6.16. The highest BCUT2D eigenvalue weighted by molar-refractivity contribution is 5.38. The molecule has 17 heavy (non-hydrogen) atoms. The largest absolute Gasteiger partial charge is 0.354 e. The van der Waals surface area contributed by atoms with Gasteiger partial charge in [-0.15, -0.1) is 0 Å². The molecular weight excluding hydrogens is 216 g/mol. The van der Waals surface area contributed by atoms with Gasteiger partial charge in [0.2, 0.25) is 0 Å². The van der Waals surface area contributed by atoms with E-state index in [1.807, 2.05) is 13.8 Å². The van der Waals surface area contributed by atoms with Crippen LogP contribution in [0.2, 0.25) is 0 Å². The topological polar surface area (TPSA) is 61.0 Å². The zero-order valence-corrected chi connectivity index (χ0v) is 10.7. The molecular formula is C12H20N4O. The fraction of sp³-hybridized carbons (Fsp3) is 0.667. The lowest BCUT2D eigenvalue weighted by molar-refractivity contribution is 0.481. The predicted molar refractivity (Wildman–Crippen MR) is 68.6 cm³/mol. The second-order valence-electron chi connectivity index (χ2n) is 4.94. The van der Waals surface area contributed by atoms with E-state index < -0.39 is 0 Å². The quantitative estimate of drug-likeness (QED) is 0.793. The molecule has 1 fully saturated rings. The number of anilines is 1. The fourth-order valence-electron chi connectivity index (χ4n) is 2.04. The maximum Gasteiger partial charge on any atom is 0.252 e. The minimum absolute atomic E-state index is 0.0649. The van der Waals surface area contributed by atoms with Crippen LogP contribution in [-0.4, -0.2) is 35.6 Å². The molecule has 94 valence electrons. The number of hydrogen-bond donors (Lipinski definition) is 2. The fourth-order valence-corrected chi connectivity index (χ4v) is 2.04. The van der Waals surface area contributed by atoms with E-state index in [4.69, 9.17) is 0 Å². The van der Waals surface area contributed by atoms with Crippen LogP contribution in [0.4, 0.5) is 5.82 Å². The number of hydrogen-bond acceptors (Lipinski definition) is 4. The Hall–Kier alpha value is -1.36. The summed E-state index contributed by atoms with van der Waals surface area (Å²) in [4.78, 5) is 21.1. The first-order valence-electron chi connectivity index (χ1n) is 6.16. The highest BCUT2D eigenvalue weighted by Gasteiger charge is 2.18. The summed E-state index contributed by atoms with van der Waals surface area (Å²) < 4.78 is 0. The average molecular weight is 236 g/mol. The molecule has 5 nitrogen and oxygen atoms in total. The molecule has 1 atom stereocenters. The van der Waals surface area contributed by atoms with Gasteiger partial charge in [-0.2, -0.15) is 0 Å². The lowest BCUT2D eigenvalue weighted by Crippen LogP contribution is -2.49. The second-order valence-corrected chi connectivity index (χ2v) is 4.94. The Morgan fingerprint density at radius 2 is 2.29 bits per heavy atom. The molecule has 1 aliphatic heterocycles. The van der Waals surface area contributed by atoms with Gasteiger partial charge >= 0.3 is 0 Å². The van der Waals surface area contributed by atoms with E-state index in [2.05, 4.69) is 27.1 Å². The molecule has 2 heterocycles. The van der Waals surface area contributed by atoms with Crippen molar-refractivity contribution < 1.29 is 0 Å². The highest BCUT2D eigenvalue weighted by Crippen LogP contribution is 2.14. The van der Waals surface area contributed by atoms with E-state index in [-0.39, 0.29) is 11.5 Å². The van der Waals surface area contributed by atoms with Crippen LogP contribution in [0.3, 0.4) is 0 Å². The van der Waals surface area contributed by atoms with E-state index in [1.54, 1.807) is 6.07 Å². The van der Waals surface area contributed by atoms with Gasteiger partial charge in [0.15, 0.2) is 0 Å². The minimum Gasteiger partial charge on any atom is -0.354 e. The predicted octanol–water partition coefficient (Wildman–Crippen LogP) is 0.691. The van der Waals surface area contributed by atoms with Crippen LogP contribution in [0.5, 0.6) is 0 Å². The molecule has 1 aromatic heterocycles. The summed E-state index contributed by atoms with van der Waals surface area (Å²) in [6.45, 7) is 8.94. The highest BCUT2D eigenvalue weighted by atomic mass is 16.1. The van der Waals surface area contributed by atoms with E-state index >= 15 is 0 Å². The Kier molecular flexibility index (Phi) is 3.47. The van der Waals surface area contributed by atoms with Crippen molar-refractivity contribution in [3.63, 3.8) is 0 Å². The molecule has 2 N–H and O–H groups in total. The van der Waals surface area contributed by atoms with Crippen molar-refractivity contribution in [3.8, 4) is 0 Å². The average Bonchev–Trinajstić information content (AvgIpc) is 2.28. The molecule has 1 unspecified atom stereocenters. The summed E-state index contributed by atoms with van der Waals surface area (Å²) in [5.41, 5.74) is -0.0649. The maximum absolute atomic E-state index is 11.6. The number of nitrogens with zero attached hydrogens (tertiary/aromatic N) is 2. The van der Waals surface area contributed by atoms with Crippen LogP contribution in [0.1, 0.15) is 32.5 Å². The van der Waals surface area contributed by atoms with Crippen LogP contribution < -0.4 is 15.8 Å². The zero-order valence-electron chi connectivity index (χ0n) is 10.7. The lowest BCUT2D eigenvalue weighted by atomic mass is 10.2. The molecule has 1 aliphatic rings. The first-order chi connectivity index (χ1) is 8.06. The molecule has 0 spiro atoms. The molecule has 0 saturated carbocycles. The monoisotopic (exact) mass is 236 g/mol. The molecule has 0 bridgehead atoms. The zero-order chi connectivity index (χ0) is 12.4. The Balaban J connectivity index is 2.28. The number of rotatable bonds is 2. The van der Waals surface area contributed by atoms with E-state index in [9.17, 15) is 4.79 Å². The van der Waals surface area contributed by atoms with Crippen molar-refractivity contribution in [2.24, 2.45) is 0 Å². The van der Waals surface area contributed by atoms with Crippen LogP contribution in [-0.2, 0) is 0 Å². The van der Waals surface area contributed by atoms with Gasteiger partial charge in [0.05, 0.1) is 0 Å². The number of aromatic amines is 1. The third-order valence-corrected chi connectivity index (χ3v) is 2.99. The van der Waals surface area contributed by atoms with Crippen molar-refractivity contribution in [2.45, 2.75) is 32.7 Å². The van der Waals surface area contributed by atoms with E-state index in [0.29, 0.717) is 6.04 Å². The Bertz CT molecular complexity index is 440. The van der Waals surface area contributed by atoms with Gasteiger partial charge in [0, 0.05) is 37.7 Å². The first kappa shape index (κ1) is 12.1. The van der Waals surface area contributed by atoms with Gasteiger partial charge in [-0.05, 0) is 6.92 Å². The normalized spacial score (nSPS) is 20.9. The summed E-state index contributed by atoms with van der Waals surface area (Å²) in [6, 6.07) is 2.02. The van der Waals surface area contributed by atoms with Crippen LogP contribution in [0.25, 0.3) is 0 Å². The van der Waals surface area contributed by atoms with E-state index in [0.717, 1.165) is 31.3 Å². The summed E-state index contributed by atoms with van der Waals surface area (Å²) in [6.07, 6.45) is 0. The smallest absolute Gasteiger partial charge is 0.252 e. The maximum atomic E-state index is 11.6. The molecule has 0 radical (unpaired) electrons. The second kappa shape index (κ2) is 4.87. The van der Waals surface area contributed by atoms with Crippen molar-refractivity contribution in [1.29, 1.82) is 0 Å². The summed E-state index contributed by atoms with van der Waals surface area (Å²) in [5.74, 6) is 1.80. The SMILES string of the molecule is CC1CN(c2cc(=O)[nH]c(C(C)C)n2)CCN1. The number of piperazine rings is 1. The minimum atomic E-state index is -0.0649. The Morgan fingerprint density at radius 3 is 2.94 bits per heavy atom. The van der Waals surface area contributed by atoms with Gasteiger partial charge in [-0.25, -0.2) is 4.98 Å². The van der Waals surface area contributed by atoms with Crippen LogP contribution in [0.15, 0.2) is 10.9 Å². The lowest BCUT2D eigenvalue weighted by Gasteiger charge is -2.32. The summed E-state index contributed by atoms with van der Waals surface area (Å²) >= 11 is 0. The molecule has 0 aliphatic carbocycles. The number of H-pyrrole nitrogens is 1. The van der Waals surface area contributed by atoms with Crippen molar-refractivity contribution in [3.05, 3.63) is 22.2 Å².